The minimum Gasteiger partial charge on any atom is -0.351 e. The van der Waals surface area contributed by atoms with E-state index in [1.54, 1.807) is 12.5 Å². The maximum absolute atomic E-state index is 11.8. The average Bonchev–Trinajstić information content (AvgIpc) is 3.04. The zero-order chi connectivity index (χ0) is 18.7. The lowest BCUT2D eigenvalue weighted by molar-refractivity contribution is -0.121. The Morgan fingerprint density at radius 1 is 1.19 bits per heavy atom. The van der Waals surface area contributed by atoms with Crippen molar-refractivity contribution in [3.8, 4) is 5.82 Å². The Balaban J connectivity index is 1.64. The highest BCUT2D eigenvalue weighted by molar-refractivity contribution is 7.88. The van der Waals surface area contributed by atoms with E-state index < -0.39 is 10.0 Å². The van der Waals surface area contributed by atoms with Crippen molar-refractivity contribution in [3.63, 3.8) is 0 Å². The molecule has 136 valence electrons. The fourth-order valence-electron chi connectivity index (χ4n) is 2.38. The van der Waals surface area contributed by atoms with Crippen LogP contribution in [-0.4, -0.2) is 53.0 Å². The van der Waals surface area contributed by atoms with Crippen molar-refractivity contribution in [2.24, 2.45) is 0 Å². The van der Waals surface area contributed by atoms with Crippen LogP contribution in [0.2, 0.25) is 0 Å². The topological polar surface area (TPSA) is 97.2 Å². The molecule has 0 atom stereocenters. The number of para-hydroxylation sites is 2. The molecular weight excluding hydrogens is 354 g/mol. The Hall–Kier alpha value is -2.78. The number of pyridine rings is 1. The first-order valence-corrected chi connectivity index (χ1v) is 9.75. The van der Waals surface area contributed by atoms with Crippen LogP contribution in [0.1, 0.15) is 5.56 Å². The lowest BCUT2D eigenvalue weighted by Gasteiger charge is -2.13. The third-order valence-electron chi connectivity index (χ3n) is 3.93. The van der Waals surface area contributed by atoms with Crippen LogP contribution in [0.5, 0.6) is 0 Å². The summed E-state index contributed by atoms with van der Waals surface area (Å²) in [6, 6.07) is 11.5. The van der Waals surface area contributed by atoms with Crippen molar-refractivity contribution in [1.29, 1.82) is 0 Å². The van der Waals surface area contributed by atoms with Gasteiger partial charge in [0.05, 0.1) is 23.8 Å². The van der Waals surface area contributed by atoms with Crippen LogP contribution < -0.4 is 5.32 Å². The molecule has 1 N–H and O–H groups in total. The van der Waals surface area contributed by atoms with Crippen LogP contribution in [0.15, 0.2) is 48.9 Å². The Labute approximate surface area is 151 Å². The quantitative estimate of drug-likeness (QED) is 0.693. The number of rotatable bonds is 6. The van der Waals surface area contributed by atoms with Crippen LogP contribution in [0, 0.1) is 0 Å². The van der Waals surface area contributed by atoms with Gasteiger partial charge in [-0.2, -0.15) is 4.31 Å². The summed E-state index contributed by atoms with van der Waals surface area (Å²) in [5, 5.41) is 2.68. The van der Waals surface area contributed by atoms with E-state index in [2.05, 4.69) is 15.3 Å². The molecule has 9 heteroatoms. The van der Waals surface area contributed by atoms with E-state index in [-0.39, 0.29) is 19.0 Å². The third-order valence-corrected chi connectivity index (χ3v) is 5.19. The van der Waals surface area contributed by atoms with E-state index in [1.165, 1.54) is 7.05 Å². The maximum Gasteiger partial charge on any atom is 0.235 e. The number of benzene rings is 1. The number of aromatic nitrogens is 3. The van der Waals surface area contributed by atoms with Gasteiger partial charge in [0.15, 0.2) is 0 Å². The van der Waals surface area contributed by atoms with Crippen molar-refractivity contribution in [2.75, 3.05) is 19.8 Å². The maximum atomic E-state index is 11.8. The molecule has 0 saturated heterocycles. The number of sulfonamides is 1. The SMILES string of the molecule is CN(CC(=O)NCc1ccc(-n2cnc3ccccc32)nc1)S(C)(=O)=O. The van der Waals surface area contributed by atoms with Gasteiger partial charge in [-0.1, -0.05) is 18.2 Å². The molecule has 0 saturated carbocycles. The number of hydrogen-bond donors (Lipinski definition) is 1. The van der Waals surface area contributed by atoms with Gasteiger partial charge in [-0.3, -0.25) is 9.36 Å². The molecule has 2 heterocycles. The number of amides is 1. The molecule has 0 unspecified atom stereocenters. The average molecular weight is 373 g/mol. The number of hydrogen-bond acceptors (Lipinski definition) is 5. The summed E-state index contributed by atoms with van der Waals surface area (Å²) in [5.41, 5.74) is 2.67. The van der Waals surface area contributed by atoms with Crippen molar-refractivity contribution in [2.45, 2.75) is 6.54 Å². The Morgan fingerprint density at radius 3 is 2.65 bits per heavy atom. The number of nitrogens with one attached hydrogen (secondary N) is 1. The first kappa shape index (κ1) is 18.0. The first-order chi connectivity index (χ1) is 12.3. The Morgan fingerprint density at radius 2 is 1.96 bits per heavy atom. The van der Waals surface area contributed by atoms with E-state index in [9.17, 15) is 13.2 Å². The van der Waals surface area contributed by atoms with Crippen molar-refractivity contribution < 1.29 is 13.2 Å². The number of carbonyl (C=O) groups excluding carboxylic acids is 1. The summed E-state index contributed by atoms with van der Waals surface area (Å²) in [6.45, 7) is 0.0553. The fraction of sp³-hybridized carbons (Fsp3) is 0.235. The minimum absolute atomic E-state index is 0.217. The zero-order valence-electron chi connectivity index (χ0n) is 14.5. The highest BCUT2D eigenvalue weighted by Crippen LogP contribution is 2.16. The molecular formula is C17H19N5O3S. The molecule has 8 nitrogen and oxygen atoms in total. The molecule has 3 rings (SSSR count). The lowest BCUT2D eigenvalue weighted by Crippen LogP contribution is -2.37. The van der Waals surface area contributed by atoms with E-state index in [4.69, 9.17) is 0 Å². The van der Waals surface area contributed by atoms with Gasteiger partial charge in [-0.15, -0.1) is 0 Å². The summed E-state index contributed by atoms with van der Waals surface area (Å²) in [5.74, 6) is 0.355. The molecule has 0 aliphatic carbocycles. The highest BCUT2D eigenvalue weighted by Gasteiger charge is 2.14. The van der Waals surface area contributed by atoms with Crippen LogP contribution in [0.4, 0.5) is 0 Å². The van der Waals surface area contributed by atoms with E-state index in [0.29, 0.717) is 0 Å². The Bertz CT molecular complexity index is 1030. The summed E-state index contributed by atoms with van der Waals surface area (Å²) in [4.78, 5) is 20.6. The zero-order valence-corrected chi connectivity index (χ0v) is 15.3. The van der Waals surface area contributed by atoms with Gasteiger partial charge in [0.2, 0.25) is 15.9 Å². The van der Waals surface area contributed by atoms with E-state index in [1.807, 2.05) is 41.0 Å². The molecule has 0 bridgehead atoms. The van der Waals surface area contributed by atoms with Crippen LogP contribution in [0.3, 0.4) is 0 Å². The minimum atomic E-state index is -3.38. The van der Waals surface area contributed by atoms with Gasteiger partial charge in [-0.25, -0.2) is 18.4 Å². The summed E-state index contributed by atoms with van der Waals surface area (Å²) >= 11 is 0. The largest absolute Gasteiger partial charge is 0.351 e. The number of carbonyl (C=O) groups is 1. The fourth-order valence-corrected chi connectivity index (χ4v) is 2.73. The Kier molecular flexibility index (Phi) is 5.01. The number of imidazole rings is 1. The van der Waals surface area contributed by atoms with E-state index in [0.717, 1.165) is 33.0 Å². The standard InChI is InChI=1S/C17H19N5O3S/c1-21(26(2,24)25)11-17(23)19-10-13-7-8-16(18-9-13)22-12-20-14-5-3-4-6-15(14)22/h3-9,12H,10-11H2,1-2H3,(H,19,23). The smallest absolute Gasteiger partial charge is 0.235 e. The second-order valence-corrected chi connectivity index (χ2v) is 8.01. The van der Waals surface area contributed by atoms with E-state index >= 15 is 0 Å². The molecule has 0 fully saturated rings. The summed E-state index contributed by atoms with van der Waals surface area (Å²) in [6.07, 6.45) is 4.45. The molecule has 3 aromatic rings. The molecule has 2 aromatic heterocycles. The van der Waals surface area contributed by atoms with Crippen molar-refractivity contribution in [1.82, 2.24) is 24.2 Å². The number of fused-ring (bicyclic) bond motifs is 1. The molecule has 0 aliphatic heterocycles. The number of nitrogens with zero attached hydrogens (tertiary/aromatic N) is 4. The van der Waals surface area contributed by atoms with Gasteiger partial charge in [-0.05, 0) is 23.8 Å². The monoisotopic (exact) mass is 373 g/mol. The van der Waals surface area contributed by atoms with Crippen LogP contribution in [0.25, 0.3) is 16.9 Å². The predicted molar refractivity (Wildman–Crippen MR) is 98.2 cm³/mol. The lowest BCUT2D eigenvalue weighted by atomic mass is 10.2. The normalized spacial score (nSPS) is 11.8. The third kappa shape index (κ3) is 4.06. The molecule has 0 spiro atoms. The van der Waals surface area contributed by atoms with Crippen molar-refractivity contribution in [3.05, 3.63) is 54.5 Å². The predicted octanol–water partition coefficient (Wildman–Crippen LogP) is 0.928. The van der Waals surface area contributed by atoms with Gasteiger partial charge in [0.25, 0.3) is 0 Å². The van der Waals surface area contributed by atoms with Crippen LogP contribution >= 0.6 is 0 Å². The van der Waals surface area contributed by atoms with Gasteiger partial charge in [0, 0.05) is 19.8 Å². The molecule has 0 aliphatic rings. The molecule has 1 aromatic carbocycles. The molecule has 0 radical (unpaired) electrons. The summed E-state index contributed by atoms with van der Waals surface area (Å²) in [7, 11) is -2.02. The highest BCUT2D eigenvalue weighted by atomic mass is 32.2. The summed E-state index contributed by atoms with van der Waals surface area (Å²) < 4.78 is 25.5. The van der Waals surface area contributed by atoms with Gasteiger partial charge in [0.1, 0.15) is 12.1 Å². The van der Waals surface area contributed by atoms with Crippen molar-refractivity contribution >= 4 is 27.0 Å². The molecule has 1 amide bonds. The second kappa shape index (κ2) is 7.22. The van der Waals surface area contributed by atoms with Gasteiger partial charge >= 0.3 is 0 Å². The molecule has 26 heavy (non-hydrogen) atoms. The van der Waals surface area contributed by atoms with Crippen LogP contribution in [-0.2, 0) is 21.4 Å². The second-order valence-electron chi connectivity index (χ2n) is 5.92. The van der Waals surface area contributed by atoms with Gasteiger partial charge < -0.3 is 5.32 Å². The number of likely N-dealkylation sites (N-methyl/N-ethyl adjacent to an activating group) is 1. The first-order valence-electron chi connectivity index (χ1n) is 7.90.